The number of amides is 1. The molecular formula is C18H19N3O5. The summed E-state index contributed by atoms with van der Waals surface area (Å²) in [6, 6.07) is 12.0. The van der Waals surface area contributed by atoms with Crippen LogP contribution in [0.25, 0.3) is 0 Å². The second-order valence-corrected chi connectivity index (χ2v) is 5.07. The number of nitrogens with one attached hydrogen (secondary N) is 1. The molecule has 0 unspecified atom stereocenters. The Balaban J connectivity index is 2.29. The molecule has 0 saturated carbocycles. The lowest BCUT2D eigenvalue weighted by molar-refractivity contribution is 0.0954. The van der Waals surface area contributed by atoms with E-state index in [1.165, 1.54) is 33.5 Å². The van der Waals surface area contributed by atoms with Gasteiger partial charge in [0.1, 0.15) is 6.54 Å². The van der Waals surface area contributed by atoms with E-state index in [0.717, 1.165) is 0 Å². The maximum absolute atomic E-state index is 12.4. The van der Waals surface area contributed by atoms with Gasteiger partial charge in [-0.1, -0.05) is 35.5 Å². The number of nitroso groups, excluding NO2 is 1. The number of carbonyl (C=O) groups excluding carboxylic acids is 1. The predicted molar refractivity (Wildman–Crippen MR) is 97.2 cm³/mol. The smallest absolute Gasteiger partial charge is 0.271 e. The van der Waals surface area contributed by atoms with E-state index in [-0.39, 0.29) is 12.1 Å². The third-order valence-electron chi connectivity index (χ3n) is 3.54. The normalized spacial score (nSPS) is 10.8. The topological polar surface area (TPSA) is 98.6 Å². The van der Waals surface area contributed by atoms with E-state index < -0.39 is 5.91 Å². The van der Waals surface area contributed by atoms with Gasteiger partial charge >= 0.3 is 0 Å². The number of methoxy groups -OCH3 is 3. The van der Waals surface area contributed by atoms with E-state index >= 15 is 0 Å². The van der Waals surface area contributed by atoms with Gasteiger partial charge in [-0.3, -0.25) is 4.79 Å². The Morgan fingerprint density at radius 2 is 1.58 bits per heavy atom. The molecule has 0 radical (unpaired) electrons. The van der Waals surface area contributed by atoms with Crippen molar-refractivity contribution < 1.29 is 19.0 Å². The van der Waals surface area contributed by atoms with Crippen molar-refractivity contribution in [3.05, 3.63) is 58.5 Å². The molecule has 0 atom stereocenters. The molecule has 2 rings (SSSR count). The Morgan fingerprint density at radius 1 is 0.962 bits per heavy atom. The molecule has 0 saturated heterocycles. The molecule has 0 aliphatic carbocycles. The Kier molecular flexibility index (Phi) is 6.67. The van der Waals surface area contributed by atoms with Gasteiger partial charge in [0, 0.05) is 5.56 Å². The van der Waals surface area contributed by atoms with Gasteiger partial charge in [0.25, 0.3) is 5.91 Å². The molecule has 136 valence electrons. The van der Waals surface area contributed by atoms with Crippen LogP contribution < -0.4 is 19.6 Å². The molecule has 8 heteroatoms. The fraction of sp³-hybridized carbons (Fsp3) is 0.222. The Bertz CT molecular complexity index is 781. The molecule has 0 heterocycles. The highest BCUT2D eigenvalue weighted by Crippen LogP contribution is 2.38. The summed E-state index contributed by atoms with van der Waals surface area (Å²) in [6.45, 7) is -0.167. The number of carbonyl (C=O) groups is 1. The molecule has 0 aromatic heterocycles. The molecule has 0 aliphatic rings. The van der Waals surface area contributed by atoms with Crippen molar-refractivity contribution in [1.82, 2.24) is 5.43 Å². The van der Waals surface area contributed by atoms with Crippen LogP contribution in [0, 0.1) is 4.91 Å². The summed E-state index contributed by atoms with van der Waals surface area (Å²) in [5.41, 5.74) is 3.72. The Labute approximate surface area is 150 Å². The van der Waals surface area contributed by atoms with Gasteiger partial charge in [-0.15, -0.1) is 0 Å². The lowest BCUT2D eigenvalue weighted by Gasteiger charge is -2.13. The zero-order chi connectivity index (χ0) is 18.9. The van der Waals surface area contributed by atoms with E-state index in [1.54, 1.807) is 24.3 Å². The fourth-order valence-electron chi connectivity index (χ4n) is 2.28. The van der Waals surface area contributed by atoms with Crippen LogP contribution >= 0.6 is 0 Å². The maximum atomic E-state index is 12.4. The summed E-state index contributed by atoms with van der Waals surface area (Å²) in [5, 5.41) is 6.88. The summed E-state index contributed by atoms with van der Waals surface area (Å²) in [5.74, 6) is 0.575. The van der Waals surface area contributed by atoms with Crippen LogP contribution in [0.4, 0.5) is 0 Å². The number of rotatable bonds is 8. The third kappa shape index (κ3) is 4.35. The van der Waals surface area contributed by atoms with E-state index in [4.69, 9.17) is 14.2 Å². The number of hydrogen-bond donors (Lipinski definition) is 1. The third-order valence-corrected chi connectivity index (χ3v) is 3.54. The SMILES string of the molecule is COc1cc(C(=O)NN=C(CN=O)c2ccccc2)cc(OC)c1OC. The molecule has 1 amide bonds. The first-order chi connectivity index (χ1) is 12.6. The Morgan fingerprint density at radius 3 is 2.08 bits per heavy atom. The van der Waals surface area contributed by atoms with E-state index in [2.05, 4.69) is 15.7 Å². The zero-order valence-corrected chi connectivity index (χ0v) is 14.7. The molecule has 2 aromatic rings. The van der Waals surface area contributed by atoms with Crippen LogP contribution in [-0.2, 0) is 0 Å². The van der Waals surface area contributed by atoms with Gasteiger partial charge in [-0.05, 0) is 17.7 Å². The highest BCUT2D eigenvalue weighted by molar-refractivity contribution is 6.03. The standard InChI is InChI=1S/C18H19N3O5/c1-24-15-9-13(10-16(25-2)17(15)26-3)18(22)21-20-14(11-19-23)12-7-5-4-6-8-12/h4-10H,11H2,1-3H3,(H,21,22). The van der Waals surface area contributed by atoms with Gasteiger partial charge in [-0.2, -0.15) is 10.0 Å². The minimum atomic E-state index is -0.497. The molecule has 8 nitrogen and oxygen atoms in total. The van der Waals surface area contributed by atoms with Gasteiger partial charge in [0.05, 0.1) is 27.0 Å². The fourth-order valence-corrected chi connectivity index (χ4v) is 2.28. The largest absolute Gasteiger partial charge is 0.493 e. The number of hydrogen-bond acceptors (Lipinski definition) is 7. The van der Waals surface area contributed by atoms with Gasteiger partial charge in [-0.25, -0.2) is 5.43 Å². The van der Waals surface area contributed by atoms with E-state index in [1.807, 2.05) is 6.07 Å². The van der Waals surface area contributed by atoms with Crippen LogP contribution in [0.2, 0.25) is 0 Å². The number of ether oxygens (including phenoxy) is 3. The number of hydrazone groups is 1. The van der Waals surface area contributed by atoms with Crippen molar-refractivity contribution in [3.63, 3.8) is 0 Å². The monoisotopic (exact) mass is 357 g/mol. The minimum absolute atomic E-state index is 0.167. The van der Waals surface area contributed by atoms with Crippen LogP contribution in [0.1, 0.15) is 15.9 Å². The van der Waals surface area contributed by atoms with Gasteiger partial charge in [0.15, 0.2) is 11.5 Å². The molecule has 1 N–H and O–H groups in total. The van der Waals surface area contributed by atoms with Crippen LogP contribution in [0.3, 0.4) is 0 Å². The molecule has 2 aromatic carbocycles. The predicted octanol–water partition coefficient (Wildman–Crippen LogP) is 2.61. The summed E-state index contributed by atoms with van der Waals surface area (Å²) < 4.78 is 15.7. The molecule has 0 aliphatic heterocycles. The average molecular weight is 357 g/mol. The quantitative estimate of drug-likeness (QED) is 0.445. The summed E-state index contributed by atoms with van der Waals surface area (Å²) >= 11 is 0. The Hall–Kier alpha value is -3.42. The molecular weight excluding hydrogens is 338 g/mol. The number of benzene rings is 2. The van der Waals surface area contributed by atoms with Crippen LogP contribution in [0.5, 0.6) is 17.2 Å². The lowest BCUT2D eigenvalue weighted by atomic mass is 10.1. The van der Waals surface area contributed by atoms with Crippen molar-refractivity contribution in [3.8, 4) is 17.2 Å². The van der Waals surface area contributed by atoms with Crippen LogP contribution in [-0.4, -0.2) is 39.5 Å². The first kappa shape index (κ1) is 18.9. The van der Waals surface area contributed by atoms with Gasteiger partial charge in [0.2, 0.25) is 5.75 Å². The zero-order valence-electron chi connectivity index (χ0n) is 14.7. The highest BCUT2D eigenvalue weighted by atomic mass is 16.5. The molecule has 0 bridgehead atoms. The first-order valence-corrected chi connectivity index (χ1v) is 7.66. The van der Waals surface area contributed by atoms with E-state index in [9.17, 15) is 9.70 Å². The summed E-state index contributed by atoms with van der Waals surface area (Å²) in [7, 11) is 4.39. The first-order valence-electron chi connectivity index (χ1n) is 7.66. The van der Waals surface area contributed by atoms with Crippen molar-refractivity contribution >= 4 is 11.6 Å². The molecule has 0 spiro atoms. The maximum Gasteiger partial charge on any atom is 0.271 e. The lowest BCUT2D eigenvalue weighted by Crippen LogP contribution is -2.21. The second kappa shape index (κ2) is 9.16. The molecule has 0 fully saturated rings. The molecule has 26 heavy (non-hydrogen) atoms. The van der Waals surface area contributed by atoms with Crippen molar-refractivity contribution in [1.29, 1.82) is 0 Å². The number of nitrogens with zero attached hydrogens (tertiary/aromatic N) is 2. The average Bonchev–Trinajstić information content (AvgIpc) is 2.70. The van der Waals surface area contributed by atoms with E-state index in [0.29, 0.717) is 28.5 Å². The van der Waals surface area contributed by atoms with Crippen molar-refractivity contribution in [2.24, 2.45) is 10.3 Å². The second-order valence-electron chi connectivity index (χ2n) is 5.07. The van der Waals surface area contributed by atoms with Gasteiger partial charge < -0.3 is 14.2 Å². The van der Waals surface area contributed by atoms with Crippen LogP contribution in [0.15, 0.2) is 52.7 Å². The summed E-state index contributed by atoms with van der Waals surface area (Å²) in [4.78, 5) is 23.1. The van der Waals surface area contributed by atoms with Crippen molar-refractivity contribution in [2.75, 3.05) is 27.9 Å². The van der Waals surface area contributed by atoms with Crippen molar-refractivity contribution in [2.45, 2.75) is 0 Å². The summed E-state index contributed by atoms with van der Waals surface area (Å²) in [6.07, 6.45) is 0. The highest BCUT2D eigenvalue weighted by Gasteiger charge is 2.17. The minimum Gasteiger partial charge on any atom is -0.493 e.